The van der Waals surface area contributed by atoms with Gasteiger partial charge in [-0.1, -0.05) is 53.6 Å². The van der Waals surface area contributed by atoms with E-state index in [9.17, 15) is 0 Å². The summed E-state index contributed by atoms with van der Waals surface area (Å²) >= 11 is 0. The fraction of sp³-hybridized carbons (Fsp3) is 0.149. The number of aromatic nitrogens is 17. The Hall–Kier alpha value is -10.8. The molecule has 0 bridgehead atoms. The lowest BCUT2D eigenvalue weighted by molar-refractivity contribution is 0.928. The fourth-order valence-corrected chi connectivity index (χ4v) is 11.5. The topological polar surface area (TPSA) is 203 Å². The van der Waals surface area contributed by atoms with Crippen molar-refractivity contribution in [1.29, 1.82) is 0 Å². The van der Waals surface area contributed by atoms with Crippen molar-refractivity contribution in [3.8, 4) is 91.1 Å². The predicted octanol–water partition coefficient (Wildman–Crippen LogP) is 13.6. The van der Waals surface area contributed by atoms with E-state index >= 15 is 0 Å². The summed E-state index contributed by atoms with van der Waals surface area (Å²) in [7, 11) is 0. The molecule has 0 atom stereocenters. The molecule has 0 fully saturated rings. The van der Waals surface area contributed by atoms with Crippen molar-refractivity contribution < 1.29 is 0 Å². The number of nitrogens with zero attached hydrogens (tertiary/aromatic N) is 17. The van der Waals surface area contributed by atoms with Crippen molar-refractivity contribution in [2.75, 3.05) is 0 Å². The molecule has 0 aliphatic heterocycles. The average molecular weight is 1100 g/mol. The first-order valence-corrected chi connectivity index (χ1v) is 27.6. The SMILES string of the molecule is Cc1ccc(-n2c3ccc(-c4nc(C)nc(C)n4)cc3c3cc(-c4nc(C)nc(C)n4)ccc32)c(-c2nc(-c3ccccc3)nc(-c3cc(C)ccc3-n3c4ccc(-c5nc(C)nc(C)n5)cc4c4cc(-c5nc(C)nc(C)n5)ccc43)n2)c1. The number of fused-ring (bicyclic) bond motifs is 6. The van der Waals surface area contributed by atoms with E-state index in [4.69, 9.17) is 54.8 Å². The van der Waals surface area contributed by atoms with Crippen LogP contribution in [0.5, 0.6) is 0 Å². The maximum absolute atomic E-state index is 5.59. The number of hydrogen-bond donors (Lipinski definition) is 0. The molecule has 0 N–H and O–H groups in total. The Balaban J connectivity index is 1.00. The zero-order valence-electron chi connectivity index (χ0n) is 47.9. The van der Waals surface area contributed by atoms with Gasteiger partial charge in [-0.15, -0.1) is 0 Å². The second-order valence-corrected chi connectivity index (χ2v) is 21.3. The van der Waals surface area contributed by atoms with Gasteiger partial charge in [0, 0.05) is 60.5 Å². The van der Waals surface area contributed by atoms with Gasteiger partial charge in [0.15, 0.2) is 40.8 Å². The number of aryl methyl sites for hydroxylation is 10. The van der Waals surface area contributed by atoms with Crippen molar-refractivity contribution in [1.82, 2.24) is 83.9 Å². The third-order valence-corrected chi connectivity index (χ3v) is 14.9. The zero-order chi connectivity index (χ0) is 57.7. The quantitative estimate of drug-likeness (QED) is 0.132. The largest absolute Gasteiger partial charge is 0.309 e. The van der Waals surface area contributed by atoms with Crippen LogP contribution in [0.1, 0.15) is 57.7 Å². The van der Waals surface area contributed by atoms with Crippen molar-refractivity contribution >= 4 is 43.6 Å². The maximum Gasteiger partial charge on any atom is 0.166 e. The van der Waals surface area contributed by atoms with E-state index in [0.717, 1.165) is 105 Å². The molecule has 0 radical (unpaired) electrons. The van der Waals surface area contributed by atoms with Crippen molar-refractivity contribution in [2.24, 2.45) is 0 Å². The molecular weight excluding hydrogens is 1040 g/mol. The second kappa shape index (κ2) is 20.0. The number of hydrogen-bond acceptors (Lipinski definition) is 15. The first kappa shape index (κ1) is 51.3. The lowest BCUT2D eigenvalue weighted by Gasteiger charge is -2.17. The zero-order valence-corrected chi connectivity index (χ0v) is 47.9. The molecule has 14 rings (SSSR count). The van der Waals surface area contributed by atoms with Crippen LogP contribution in [0.15, 0.2) is 140 Å². The summed E-state index contributed by atoms with van der Waals surface area (Å²) in [5.74, 6) is 9.16. The van der Waals surface area contributed by atoms with E-state index in [1.54, 1.807) is 0 Å². The van der Waals surface area contributed by atoms with E-state index < -0.39 is 0 Å². The Morgan fingerprint density at radius 1 is 0.226 bits per heavy atom. The smallest absolute Gasteiger partial charge is 0.166 e. The number of benzene rings is 7. The van der Waals surface area contributed by atoms with Crippen LogP contribution in [0.3, 0.4) is 0 Å². The van der Waals surface area contributed by atoms with E-state index in [2.05, 4.69) is 152 Å². The Morgan fingerprint density at radius 3 is 0.798 bits per heavy atom. The monoisotopic (exact) mass is 1100 g/mol. The van der Waals surface area contributed by atoms with Crippen LogP contribution in [-0.2, 0) is 0 Å². The van der Waals surface area contributed by atoms with Crippen molar-refractivity contribution in [2.45, 2.75) is 69.2 Å². The van der Waals surface area contributed by atoms with E-state index in [1.165, 1.54) is 0 Å². The van der Waals surface area contributed by atoms with Gasteiger partial charge in [0.25, 0.3) is 0 Å². The first-order valence-electron chi connectivity index (χ1n) is 27.6. The van der Waals surface area contributed by atoms with E-state index in [1.807, 2.05) is 85.7 Å². The third-order valence-electron chi connectivity index (χ3n) is 14.9. The minimum Gasteiger partial charge on any atom is -0.309 e. The highest BCUT2D eigenvalue weighted by Gasteiger charge is 2.25. The molecule has 7 aromatic carbocycles. The van der Waals surface area contributed by atoms with Crippen LogP contribution in [0, 0.1) is 69.2 Å². The molecule has 0 saturated heterocycles. The van der Waals surface area contributed by atoms with Gasteiger partial charge in [-0.2, -0.15) is 0 Å². The molecule has 0 spiro atoms. The highest BCUT2D eigenvalue weighted by atomic mass is 15.1. The molecule has 0 unspecified atom stereocenters. The summed E-state index contributed by atoms with van der Waals surface area (Å²) in [5.41, 5.74) is 13.6. The fourth-order valence-electron chi connectivity index (χ4n) is 11.5. The summed E-state index contributed by atoms with van der Waals surface area (Å²) in [5, 5.41) is 3.95. The van der Waals surface area contributed by atoms with Crippen LogP contribution >= 0.6 is 0 Å². The molecule has 0 aliphatic rings. The molecule has 84 heavy (non-hydrogen) atoms. The van der Waals surface area contributed by atoms with E-state index in [0.29, 0.717) is 87.4 Å². The van der Waals surface area contributed by atoms with Crippen LogP contribution in [0.25, 0.3) is 135 Å². The molecule has 17 heteroatoms. The Bertz CT molecular complexity index is 4450. The molecule has 406 valence electrons. The molecule has 0 aliphatic carbocycles. The van der Waals surface area contributed by atoms with Crippen LogP contribution in [0.2, 0.25) is 0 Å². The van der Waals surface area contributed by atoms with Crippen LogP contribution in [-0.4, -0.2) is 83.9 Å². The van der Waals surface area contributed by atoms with Crippen LogP contribution in [0.4, 0.5) is 0 Å². The van der Waals surface area contributed by atoms with Crippen molar-refractivity contribution in [3.63, 3.8) is 0 Å². The predicted molar refractivity (Wildman–Crippen MR) is 327 cm³/mol. The summed E-state index contributed by atoms with van der Waals surface area (Å²) in [4.78, 5) is 72.5. The third kappa shape index (κ3) is 9.21. The summed E-state index contributed by atoms with van der Waals surface area (Å²) in [6.07, 6.45) is 0. The minimum atomic E-state index is 0.503. The van der Waals surface area contributed by atoms with Gasteiger partial charge in [-0.25, -0.2) is 74.8 Å². The molecule has 0 saturated carbocycles. The maximum atomic E-state index is 5.59. The standard InChI is InChI=1S/C67H53N17/c1-34-16-22-59(83-55-24-18-45(62-72-36(3)68-37(4)73-62)30-49(55)50-31-46(19-25-56(50)83)63-74-38(5)69-39(6)75-63)53(28-34)66-80-61(44-14-12-11-13-15-44)81-67(82-66)54-29-35(2)17-23-60(54)84-57-26-20-47(64-76-40(7)70-41(8)77-64)32-51(57)52-33-48(21-27-58(52)84)65-78-42(9)71-43(10)79-65/h11-33H,1-10H3. The minimum absolute atomic E-state index is 0.503. The molecule has 7 heterocycles. The molecule has 0 amide bonds. The molecule has 17 nitrogen and oxygen atoms in total. The lowest BCUT2D eigenvalue weighted by Crippen LogP contribution is -2.06. The number of rotatable bonds is 9. The average Bonchev–Trinajstić information content (AvgIpc) is 1.73. The highest BCUT2D eigenvalue weighted by Crippen LogP contribution is 2.42. The van der Waals surface area contributed by atoms with Crippen molar-refractivity contribution in [3.05, 3.63) is 197 Å². The van der Waals surface area contributed by atoms with Gasteiger partial charge in [0.2, 0.25) is 0 Å². The van der Waals surface area contributed by atoms with Gasteiger partial charge < -0.3 is 9.13 Å². The molecule has 7 aromatic heterocycles. The first-order chi connectivity index (χ1) is 40.6. The molecular formula is C67H53N17. The second-order valence-electron chi connectivity index (χ2n) is 21.3. The van der Waals surface area contributed by atoms with Gasteiger partial charge in [0.1, 0.15) is 46.6 Å². The highest BCUT2D eigenvalue weighted by molar-refractivity contribution is 6.13. The Morgan fingerprint density at radius 2 is 0.500 bits per heavy atom. The van der Waals surface area contributed by atoms with E-state index in [-0.39, 0.29) is 0 Å². The summed E-state index contributed by atoms with van der Waals surface area (Å²) in [6, 6.07) is 48.5. The summed E-state index contributed by atoms with van der Waals surface area (Å²) in [6.45, 7) is 19.3. The normalized spacial score (nSPS) is 11.7. The van der Waals surface area contributed by atoms with Gasteiger partial charge in [-0.3, -0.25) is 0 Å². The Labute approximate surface area is 482 Å². The lowest BCUT2D eigenvalue weighted by atomic mass is 10.1. The Kier molecular flexibility index (Phi) is 12.2. The van der Waals surface area contributed by atoms with Crippen LogP contribution < -0.4 is 0 Å². The van der Waals surface area contributed by atoms with Gasteiger partial charge in [0.05, 0.1) is 33.4 Å². The summed E-state index contributed by atoms with van der Waals surface area (Å²) < 4.78 is 4.59. The van der Waals surface area contributed by atoms with Gasteiger partial charge in [-0.05, 0) is 166 Å². The van der Waals surface area contributed by atoms with Gasteiger partial charge >= 0.3 is 0 Å². The molecule has 14 aromatic rings.